The molecule has 8 heteroatoms. The summed E-state index contributed by atoms with van der Waals surface area (Å²) in [5.74, 6) is 0.415. The minimum atomic E-state index is -3.56. The summed E-state index contributed by atoms with van der Waals surface area (Å²) in [6.45, 7) is 3.26. The molecule has 3 rings (SSSR count). The number of nitrogens with two attached hydrogens (primary N) is 1. The van der Waals surface area contributed by atoms with Crippen molar-refractivity contribution in [3.63, 3.8) is 0 Å². The Labute approximate surface area is 155 Å². The molecule has 0 bridgehead atoms. The maximum Gasteiger partial charge on any atom is 0.254 e. The van der Waals surface area contributed by atoms with Gasteiger partial charge >= 0.3 is 0 Å². The van der Waals surface area contributed by atoms with Gasteiger partial charge in [0.2, 0.25) is 10.0 Å². The average molecular weight is 388 g/mol. The van der Waals surface area contributed by atoms with Gasteiger partial charge in [0.1, 0.15) is 0 Å². The highest BCUT2D eigenvalue weighted by molar-refractivity contribution is 7.89. The molecule has 1 aromatic rings. The Morgan fingerprint density at radius 1 is 1.32 bits per heavy atom. The number of amides is 1. The van der Waals surface area contributed by atoms with Gasteiger partial charge in [-0.25, -0.2) is 13.1 Å². The van der Waals surface area contributed by atoms with E-state index in [2.05, 4.69) is 11.6 Å². The first-order valence-electron chi connectivity index (χ1n) is 8.54. The number of nitrogens with one attached hydrogen (secondary N) is 1. The Balaban J connectivity index is 0.00000225. The van der Waals surface area contributed by atoms with Crippen molar-refractivity contribution in [1.82, 2.24) is 9.62 Å². The fourth-order valence-corrected chi connectivity index (χ4v) is 4.54. The Bertz CT molecular complexity index is 722. The van der Waals surface area contributed by atoms with Crippen LogP contribution in [0.3, 0.4) is 0 Å². The molecule has 1 aliphatic heterocycles. The first-order chi connectivity index (χ1) is 11.4. The lowest BCUT2D eigenvalue weighted by Crippen LogP contribution is -2.49. The normalized spacial score (nSPS) is 23.8. The molecule has 0 aromatic heterocycles. The zero-order valence-electron chi connectivity index (χ0n) is 14.3. The van der Waals surface area contributed by atoms with Crippen molar-refractivity contribution in [2.24, 2.45) is 11.7 Å². The summed E-state index contributed by atoms with van der Waals surface area (Å²) >= 11 is 0. The summed E-state index contributed by atoms with van der Waals surface area (Å²) in [7, 11) is -3.56. The highest BCUT2D eigenvalue weighted by Gasteiger charge is 2.31. The molecule has 2 atom stereocenters. The zero-order chi connectivity index (χ0) is 17.3. The number of hydrogen-bond acceptors (Lipinski definition) is 4. The zero-order valence-corrected chi connectivity index (χ0v) is 16.0. The van der Waals surface area contributed by atoms with Crippen LogP contribution in [0.1, 0.15) is 43.0 Å². The van der Waals surface area contributed by atoms with E-state index in [1.807, 2.05) is 0 Å². The van der Waals surface area contributed by atoms with Crippen LogP contribution >= 0.6 is 12.4 Å². The third kappa shape index (κ3) is 4.73. The minimum Gasteiger partial charge on any atom is -0.334 e. The quantitative estimate of drug-likeness (QED) is 0.804. The number of carbonyl (C=O) groups is 1. The molecule has 25 heavy (non-hydrogen) atoms. The van der Waals surface area contributed by atoms with Crippen LogP contribution in [0.2, 0.25) is 0 Å². The highest BCUT2D eigenvalue weighted by atomic mass is 35.5. The number of piperidine rings is 1. The van der Waals surface area contributed by atoms with Crippen LogP contribution < -0.4 is 10.5 Å². The lowest BCUT2D eigenvalue weighted by Gasteiger charge is -2.38. The van der Waals surface area contributed by atoms with E-state index in [0.29, 0.717) is 24.6 Å². The van der Waals surface area contributed by atoms with Crippen LogP contribution in [0.15, 0.2) is 29.2 Å². The highest BCUT2D eigenvalue weighted by Crippen LogP contribution is 2.25. The second-order valence-electron chi connectivity index (χ2n) is 6.94. The van der Waals surface area contributed by atoms with E-state index >= 15 is 0 Å². The van der Waals surface area contributed by atoms with Gasteiger partial charge in [-0.1, -0.05) is 13.0 Å². The lowest BCUT2D eigenvalue weighted by atomic mass is 9.92. The molecule has 2 unspecified atom stereocenters. The number of halogens is 1. The fraction of sp³-hybridized carbons (Fsp3) is 0.588. The van der Waals surface area contributed by atoms with E-state index in [4.69, 9.17) is 5.73 Å². The standard InChI is InChI=1S/C17H25N3O3S.ClH/c1-12-7-8-20(15(9-12)11-18)17(21)13-3-2-4-16(10-13)24(22,23)19-14-5-6-14;/h2-4,10,12,14-15,19H,5-9,11,18H2,1H3;1H. The third-order valence-electron chi connectivity index (χ3n) is 4.80. The van der Waals surface area contributed by atoms with Gasteiger partial charge in [-0.05, 0) is 49.8 Å². The largest absolute Gasteiger partial charge is 0.334 e. The number of hydrogen-bond donors (Lipinski definition) is 2. The lowest BCUT2D eigenvalue weighted by molar-refractivity contribution is 0.0573. The maximum atomic E-state index is 12.8. The molecule has 1 heterocycles. The van der Waals surface area contributed by atoms with Crippen molar-refractivity contribution in [3.8, 4) is 0 Å². The summed E-state index contributed by atoms with van der Waals surface area (Å²) < 4.78 is 27.3. The summed E-state index contributed by atoms with van der Waals surface area (Å²) in [6.07, 6.45) is 3.59. The summed E-state index contributed by atoms with van der Waals surface area (Å²) in [5, 5.41) is 0. The van der Waals surface area contributed by atoms with Crippen LogP contribution in [-0.2, 0) is 10.0 Å². The molecule has 1 saturated carbocycles. The average Bonchev–Trinajstić information content (AvgIpc) is 3.37. The minimum absolute atomic E-state index is 0. The topological polar surface area (TPSA) is 92.5 Å². The van der Waals surface area contributed by atoms with E-state index in [1.165, 1.54) is 12.1 Å². The number of nitrogens with zero attached hydrogens (tertiary/aromatic N) is 1. The van der Waals surface area contributed by atoms with E-state index < -0.39 is 10.0 Å². The van der Waals surface area contributed by atoms with Crippen LogP contribution in [0.25, 0.3) is 0 Å². The molecule has 2 fully saturated rings. The number of likely N-dealkylation sites (tertiary alicyclic amines) is 1. The summed E-state index contributed by atoms with van der Waals surface area (Å²) in [6, 6.07) is 6.35. The molecule has 1 saturated heterocycles. The molecule has 2 aliphatic rings. The Kier molecular flexibility index (Phi) is 6.48. The first kappa shape index (κ1) is 20.2. The Morgan fingerprint density at radius 3 is 2.68 bits per heavy atom. The maximum absolute atomic E-state index is 12.8. The SMILES string of the molecule is CC1CCN(C(=O)c2cccc(S(=O)(=O)NC3CC3)c2)C(CN)C1.Cl. The molecular weight excluding hydrogens is 362 g/mol. The van der Waals surface area contributed by atoms with E-state index in [0.717, 1.165) is 25.7 Å². The molecule has 6 nitrogen and oxygen atoms in total. The predicted molar refractivity (Wildman–Crippen MR) is 99.3 cm³/mol. The van der Waals surface area contributed by atoms with E-state index in [1.54, 1.807) is 17.0 Å². The smallest absolute Gasteiger partial charge is 0.254 e. The monoisotopic (exact) mass is 387 g/mol. The van der Waals surface area contributed by atoms with Gasteiger partial charge in [0.15, 0.2) is 0 Å². The predicted octanol–water partition coefficient (Wildman–Crippen LogP) is 1.75. The molecule has 3 N–H and O–H groups in total. The Hall–Kier alpha value is -1.15. The molecular formula is C17H26ClN3O3S. The second-order valence-corrected chi connectivity index (χ2v) is 8.65. The molecule has 1 aliphatic carbocycles. The van der Waals surface area contributed by atoms with Crippen LogP contribution in [0.4, 0.5) is 0 Å². The van der Waals surface area contributed by atoms with Gasteiger partial charge in [-0.2, -0.15) is 0 Å². The van der Waals surface area contributed by atoms with Crippen molar-refractivity contribution in [1.29, 1.82) is 0 Å². The summed E-state index contributed by atoms with van der Waals surface area (Å²) in [5.41, 5.74) is 6.24. The van der Waals surface area contributed by atoms with Crippen LogP contribution in [0.5, 0.6) is 0 Å². The number of sulfonamides is 1. The molecule has 1 amide bonds. The molecule has 1 aromatic carbocycles. The van der Waals surface area contributed by atoms with Crippen LogP contribution in [0, 0.1) is 5.92 Å². The number of carbonyl (C=O) groups excluding carboxylic acids is 1. The van der Waals surface area contributed by atoms with Gasteiger partial charge in [0.25, 0.3) is 5.91 Å². The molecule has 0 spiro atoms. The Morgan fingerprint density at radius 2 is 2.04 bits per heavy atom. The van der Waals surface area contributed by atoms with Gasteiger partial charge in [-0.3, -0.25) is 4.79 Å². The first-order valence-corrected chi connectivity index (χ1v) is 10.0. The third-order valence-corrected chi connectivity index (χ3v) is 6.32. The number of rotatable bonds is 5. The summed E-state index contributed by atoms with van der Waals surface area (Å²) in [4.78, 5) is 14.8. The van der Waals surface area contributed by atoms with Gasteiger partial charge in [0.05, 0.1) is 4.90 Å². The number of benzene rings is 1. The fourth-order valence-electron chi connectivity index (χ4n) is 3.19. The van der Waals surface area contributed by atoms with Gasteiger partial charge in [0, 0.05) is 30.7 Å². The van der Waals surface area contributed by atoms with E-state index in [9.17, 15) is 13.2 Å². The van der Waals surface area contributed by atoms with Crippen LogP contribution in [-0.4, -0.2) is 44.4 Å². The van der Waals surface area contributed by atoms with Crippen molar-refractivity contribution in [3.05, 3.63) is 29.8 Å². The van der Waals surface area contributed by atoms with Gasteiger partial charge in [-0.15, -0.1) is 12.4 Å². The molecule has 0 radical (unpaired) electrons. The second kappa shape index (κ2) is 8.03. The van der Waals surface area contributed by atoms with E-state index in [-0.39, 0.29) is 35.3 Å². The van der Waals surface area contributed by atoms with Crippen molar-refractivity contribution >= 4 is 28.3 Å². The molecule has 140 valence electrons. The van der Waals surface area contributed by atoms with Crippen molar-refractivity contribution in [2.45, 2.75) is 49.6 Å². The van der Waals surface area contributed by atoms with Gasteiger partial charge < -0.3 is 10.6 Å². The van der Waals surface area contributed by atoms with Crippen molar-refractivity contribution in [2.75, 3.05) is 13.1 Å². The van der Waals surface area contributed by atoms with Crippen molar-refractivity contribution < 1.29 is 13.2 Å².